The van der Waals surface area contributed by atoms with Gasteiger partial charge >= 0.3 is 0 Å². The molecule has 0 spiro atoms. The van der Waals surface area contributed by atoms with E-state index in [2.05, 4.69) is 32.1 Å². The molecule has 2 aliphatic rings. The summed E-state index contributed by atoms with van der Waals surface area (Å²) in [7, 11) is 0. The first-order valence-electron chi connectivity index (χ1n) is 12.2. The molecular formula is C26H31FN6O. The number of likely N-dealkylation sites (N-methyl/N-ethyl adjacent to an activating group) is 1. The van der Waals surface area contributed by atoms with E-state index in [9.17, 15) is 9.18 Å². The Kier molecular flexibility index (Phi) is 6.58. The van der Waals surface area contributed by atoms with Crippen LogP contribution in [0.3, 0.4) is 0 Å². The van der Waals surface area contributed by atoms with Gasteiger partial charge in [0.2, 0.25) is 0 Å². The molecule has 0 radical (unpaired) electrons. The summed E-state index contributed by atoms with van der Waals surface area (Å²) in [6.07, 6.45) is 5.65. The van der Waals surface area contributed by atoms with Gasteiger partial charge in [0, 0.05) is 50.2 Å². The molecule has 7 nitrogen and oxygen atoms in total. The fourth-order valence-electron chi connectivity index (χ4n) is 4.84. The van der Waals surface area contributed by atoms with Gasteiger partial charge in [-0.05, 0) is 68.1 Å². The van der Waals surface area contributed by atoms with Crippen LogP contribution in [0.4, 0.5) is 10.2 Å². The van der Waals surface area contributed by atoms with Crippen LogP contribution in [0.25, 0.3) is 5.69 Å². The van der Waals surface area contributed by atoms with Gasteiger partial charge in [-0.1, -0.05) is 13.0 Å². The quantitative estimate of drug-likeness (QED) is 0.609. The minimum absolute atomic E-state index is 0.182. The minimum Gasteiger partial charge on any atom is -0.354 e. The summed E-state index contributed by atoms with van der Waals surface area (Å²) < 4.78 is 15.2. The Morgan fingerprint density at radius 1 is 1.03 bits per heavy atom. The van der Waals surface area contributed by atoms with Gasteiger partial charge in [0.25, 0.3) is 5.91 Å². The Balaban J connectivity index is 1.26. The molecular weight excluding hydrogens is 431 g/mol. The minimum atomic E-state index is -0.286. The van der Waals surface area contributed by atoms with Crippen LogP contribution < -0.4 is 10.2 Å². The summed E-state index contributed by atoms with van der Waals surface area (Å²) in [4.78, 5) is 22.5. The Labute approximate surface area is 199 Å². The summed E-state index contributed by atoms with van der Waals surface area (Å²) in [5, 5.41) is 7.66. The van der Waals surface area contributed by atoms with E-state index < -0.39 is 0 Å². The summed E-state index contributed by atoms with van der Waals surface area (Å²) in [6.45, 7) is 7.77. The van der Waals surface area contributed by atoms with Crippen LogP contribution in [-0.2, 0) is 19.4 Å². The topological polar surface area (TPSA) is 66.3 Å². The molecule has 0 saturated carbocycles. The molecule has 1 amide bonds. The van der Waals surface area contributed by atoms with Gasteiger partial charge in [-0.3, -0.25) is 4.79 Å². The Bertz CT molecular complexity index is 1130. The fourth-order valence-corrected chi connectivity index (χ4v) is 4.84. The number of nitrogens with zero attached hydrogens (tertiary/aromatic N) is 5. The number of rotatable bonds is 6. The second-order valence-electron chi connectivity index (χ2n) is 9.00. The van der Waals surface area contributed by atoms with Gasteiger partial charge < -0.3 is 15.1 Å². The van der Waals surface area contributed by atoms with Gasteiger partial charge in [-0.2, -0.15) is 5.10 Å². The number of pyridine rings is 1. The number of fused-ring (bicyclic) bond motifs is 1. The number of anilines is 1. The van der Waals surface area contributed by atoms with E-state index in [0.29, 0.717) is 12.2 Å². The maximum absolute atomic E-state index is 13.4. The van der Waals surface area contributed by atoms with E-state index in [1.807, 2.05) is 18.3 Å². The third-order valence-corrected chi connectivity index (χ3v) is 6.87. The molecule has 1 fully saturated rings. The molecule has 1 saturated heterocycles. The van der Waals surface area contributed by atoms with Crippen molar-refractivity contribution < 1.29 is 9.18 Å². The molecule has 0 atom stereocenters. The second kappa shape index (κ2) is 9.93. The molecule has 0 unspecified atom stereocenters. The van der Waals surface area contributed by atoms with Crippen molar-refractivity contribution >= 4 is 11.7 Å². The molecule has 3 heterocycles. The van der Waals surface area contributed by atoms with Crippen LogP contribution in [0.5, 0.6) is 0 Å². The van der Waals surface area contributed by atoms with Crippen molar-refractivity contribution in [3.8, 4) is 5.69 Å². The normalized spacial score (nSPS) is 16.4. The number of amides is 1. The number of halogens is 1. The molecule has 1 aromatic carbocycles. The average Bonchev–Trinajstić information content (AvgIpc) is 3.28. The highest BCUT2D eigenvalue weighted by atomic mass is 19.1. The van der Waals surface area contributed by atoms with Gasteiger partial charge in [0.05, 0.1) is 5.69 Å². The van der Waals surface area contributed by atoms with Crippen molar-refractivity contribution in [2.45, 2.75) is 39.2 Å². The molecule has 1 aliphatic heterocycles. The Hall–Kier alpha value is -3.26. The maximum Gasteiger partial charge on any atom is 0.272 e. The zero-order valence-corrected chi connectivity index (χ0v) is 19.6. The smallest absolute Gasteiger partial charge is 0.272 e. The summed E-state index contributed by atoms with van der Waals surface area (Å²) in [5.74, 6) is 0.516. The zero-order valence-electron chi connectivity index (χ0n) is 19.6. The van der Waals surface area contributed by atoms with Crippen LogP contribution in [0.15, 0.2) is 42.6 Å². The number of carbonyl (C=O) groups excluding carboxylic acids is 1. The number of piperazine rings is 1. The predicted molar refractivity (Wildman–Crippen MR) is 130 cm³/mol. The number of carbonyl (C=O) groups is 1. The van der Waals surface area contributed by atoms with E-state index >= 15 is 0 Å². The number of aromatic nitrogens is 3. The van der Waals surface area contributed by atoms with Crippen molar-refractivity contribution in [1.82, 2.24) is 25.0 Å². The van der Waals surface area contributed by atoms with Crippen molar-refractivity contribution in [3.05, 3.63) is 70.9 Å². The van der Waals surface area contributed by atoms with Crippen LogP contribution >= 0.6 is 0 Å². The van der Waals surface area contributed by atoms with E-state index in [1.54, 1.807) is 16.8 Å². The van der Waals surface area contributed by atoms with Gasteiger partial charge in [-0.25, -0.2) is 14.1 Å². The van der Waals surface area contributed by atoms with E-state index in [-0.39, 0.29) is 11.7 Å². The summed E-state index contributed by atoms with van der Waals surface area (Å²) >= 11 is 0. The molecule has 8 heteroatoms. The Morgan fingerprint density at radius 2 is 1.79 bits per heavy atom. The third-order valence-electron chi connectivity index (χ3n) is 6.87. The lowest BCUT2D eigenvalue weighted by Gasteiger charge is -2.34. The predicted octanol–water partition coefficient (Wildman–Crippen LogP) is 3.36. The van der Waals surface area contributed by atoms with Gasteiger partial charge in [0.1, 0.15) is 11.6 Å². The largest absolute Gasteiger partial charge is 0.354 e. The zero-order chi connectivity index (χ0) is 23.5. The maximum atomic E-state index is 13.4. The van der Waals surface area contributed by atoms with E-state index in [1.165, 1.54) is 12.1 Å². The standard InChI is InChI=1S/C26H31FN6O/c1-2-31-13-15-32(16-14-31)24-12-7-19(17-28-24)18-29-26(34)25-22-5-3-4-6-23(22)33(30-25)21-10-8-20(27)9-11-21/h7-12,17H,2-6,13-16,18H2,1H3,(H,29,34). The Morgan fingerprint density at radius 3 is 2.50 bits per heavy atom. The molecule has 5 rings (SSSR count). The molecule has 178 valence electrons. The first-order valence-corrected chi connectivity index (χ1v) is 12.2. The van der Waals surface area contributed by atoms with Crippen molar-refractivity contribution in [3.63, 3.8) is 0 Å². The van der Waals surface area contributed by atoms with Crippen molar-refractivity contribution in [1.29, 1.82) is 0 Å². The highest BCUT2D eigenvalue weighted by Crippen LogP contribution is 2.27. The second-order valence-corrected chi connectivity index (χ2v) is 9.00. The lowest BCUT2D eigenvalue weighted by atomic mass is 9.95. The molecule has 1 N–H and O–H groups in total. The van der Waals surface area contributed by atoms with E-state index in [4.69, 9.17) is 0 Å². The summed E-state index contributed by atoms with van der Waals surface area (Å²) in [6, 6.07) is 10.3. The van der Waals surface area contributed by atoms with Crippen molar-refractivity contribution in [2.75, 3.05) is 37.6 Å². The summed E-state index contributed by atoms with van der Waals surface area (Å²) in [5.41, 5.74) is 4.26. The molecule has 2 aromatic heterocycles. The lowest BCUT2D eigenvalue weighted by Crippen LogP contribution is -2.46. The first kappa shape index (κ1) is 22.5. The third kappa shape index (κ3) is 4.68. The molecule has 34 heavy (non-hydrogen) atoms. The lowest BCUT2D eigenvalue weighted by molar-refractivity contribution is 0.0944. The number of hydrogen-bond donors (Lipinski definition) is 1. The highest BCUT2D eigenvalue weighted by Gasteiger charge is 2.25. The van der Waals surface area contributed by atoms with Gasteiger partial charge in [-0.15, -0.1) is 0 Å². The highest BCUT2D eigenvalue weighted by molar-refractivity contribution is 5.94. The number of benzene rings is 1. The number of nitrogens with one attached hydrogen (secondary N) is 1. The van der Waals surface area contributed by atoms with Crippen LogP contribution in [0.1, 0.15) is 47.1 Å². The SMILES string of the molecule is CCN1CCN(c2ccc(CNC(=O)c3nn(-c4ccc(F)cc4)c4c3CCCC4)cn2)CC1. The first-order chi connectivity index (χ1) is 16.6. The fraction of sp³-hybridized carbons (Fsp3) is 0.423. The molecule has 3 aromatic rings. The average molecular weight is 463 g/mol. The van der Waals surface area contributed by atoms with Crippen LogP contribution in [-0.4, -0.2) is 58.3 Å². The van der Waals surface area contributed by atoms with E-state index in [0.717, 1.165) is 86.7 Å². The van der Waals surface area contributed by atoms with Gasteiger partial charge in [0.15, 0.2) is 5.69 Å². The molecule has 1 aliphatic carbocycles. The molecule has 0 bridgehead atoms. The number of hydrogen-bond acceptors (Lipinski definition) is 5. The monoisotopic (exact) mass is 462 g/mol. The van der Waals surface area contributed by atoms with Crippen LogP contribution in [0, 0.1) is 5.82 Å². The van der Waals surface area contributed by atoms with Crippen LogP contribution in [0.2, 0.25) is 0 Å². The van der Waals surface area contributed by atoms with Crippen molar-refractivity contribution in [2.24, 2.45) is 0 Å².